The third-order valence-corrected chi connectivity index (χ3v) is 4.66. The average Bonchev–Trinajstić information content (AvgIpc) is 2.87. The van der Waals surface area contributed by atoms with Crippen LogP contribution >= 0.6 is 34.8 Å². The molecular weight excluding hydrogens is 415 g/mol. The lowest BCUT2D eigenvalue weighted by molar-refractivity contribution is -0.120. The van der Waals surface area contributed by atoms with Gasteiger partial charge in [0, 0.05) is 10.7 Å². The number of methoxy groups -OCH3 is 1. The first-order chi connectivity index (χ1) is 12.8. The highest BCUT2D eigenvalue weighted by atomic mass is 35.5. The van der Waals surface area contributed by atoms with Gasteiger partial charge in [-0.3, -0.25) is 9.59 Å². The third kappa shape index (κ3) is 3.64. The summed E-state index contributed by atoms with van der Waals surface area (Å²) in [4.78, 5) is 37.5. The van der Waals surface area contributed by atoms with Crippen LogP contribution in [0, 0.1) is 0 Å². The van der Waals surface area contributed by atoms with Crippen molar-refractivity contribution in [2.45, 2.75) is 0 Å². The highest BCUT2D eigenvalue weighted by Gasteiger charge is 2.39. The van der Waals surface area contributed by atoms with Crippen LogP contribution in [0.25, 0.3) is 0 Å². The summed E-state index contributed by atoms with van der Waals surface area (Å²) in [5.74, 6) is -1.89. The van der Waals surface area contributed by atoms with Crippen LogP contribution < -0.4 is 10.2 Å². The molecule has 0 spiro atoms. The summed E-state index contributed by atoms with van der Waals surface area (Å²) in [6.45, 7) is 0. The van der Waals surface area contributed by atoms with Crippen LogP contribution in [-0.4, -0.2) is 24.9 Å². The van der Waals surface area contributed by atoms with E-state index in [0.717, 1.165) is 4.90 Å². The first-order valence-electron chi connectivity index (χ1n) is 7.52. The van der Waals surface area contributed by atoms with E-state index in [2.05, 4.69) is 10.1 Å². The minimum Gasteiger partial charge on any atom is -0.465 e. The number of amides is 2. The Morgan fingerprint density at radius 2 is 1.67 bits per heavy atom. The predicted molar refractivity (Wildman–Crippen MR) is 103 cm³/mol. The second kappa shape index (κ2) is 7.60. The van der Waals surface area contributed by atoms with Gasteiger partial charge < -0.3 is 10.1 Å². The van der Waals surface area contributed by atoms with Gasteiger partial charge in [0.15, 0.2) is 0 Å². The van der Waals surface area contributed by atoms with Gasteiger partial charge in [0.05, 0.1) is 23.4 Å². The van der Waals surface area contributed by atoms with Crippen molar-refractivity contribution < 1.29 is 19.1 Å². The fourth-order valence-electron chi connectivity index (χ4n) is 2.44. The van der Waals surface area contributed by atoms with E-state index in [9.17, 15) is 14.4 Å². The minimum absolute atomic E-state index is 0.108. The topological polar surface area (TPSA) is 75.7 Å². The monoisotopic (exact) mass is 424 g/mol. The van der Waals surface area contributed by atoms with E-state index in [1.54, 1.807) is 12.1 Å². The minimum atomic E-state index is -0.723. The zero-order valence-electron chi connectivity index (χ0n) is 13.8. The molecule has 6 nitrogen and oxygen atoms in total. The predicted octanol–water partition coefficient (Wildman–Crippen LogP) is 4.22. The standard InChI is InChI=1S/C18H11Cl3N2O4/c1-27-18(26)9-2-5-11(6-3-9)22-15-14(21)16(24)23(17(15)25)13-8-10(19)4-7-12(13)20/h2-8,22H,1H3. The molecule has 1 aliphatic heterocycles. The lowest BCUT2D eigenvalue weighted by atomic mass is 10.2. The van der Waals surface area contributed by atoms with E-state index >= 15 is 0 Å². The molecule has 0 fully saturated rings. The van der Waals surface area contributed by atoms with Crippen LogP contribution in [0.2, 0.25) is 10.0 Å². The van der Waals surface area contributed by atoms with E-state index in [1.165, 1.54) is 37.4 Å². The van der Waals surface area contributed by atoms with Crippen LogP contribution in [0.4, 0.5) is 11.4 Å². The number of carbonyl (C=O) groups is 3. The summed E-state index contributed by atoms with van der Waals surface area (Å²) in [6, 6.07) is 10.5. The maximum atomic E-state index is 12.7. The van der Waals surface area contributed by atoms with Gasteiger partial charge >= 0.3 is 5.97 Å². The van der Waals surface area contributed by atoms with Crippen LogP contribution in [0.15, 0.2) is 53.2 Å². The Morgan fingerprint density at radius 1 is 1.00 bits per heavy atom. The number of halogens is 3. The summed E-state index contributed by atoms with van der Waals surface area (Å²) in [7, 11) is 1.28. The van der Waals surface area contributed by atoms with Crippen LogP contribution in [-0.2, 0) is 14.3 Å². The third-order valence-electron chi connectivity index (χ3n) is 3.75. The number of anilines is 2. The van der Waals surface area contributed by atoms with Crippen LogP contribution in [0.3, 0.4) is 0 Å². The summed E-state index contributed by atoms with van der Waals surface area (Å²) < 4.78 is 4.62. The molecule has 0 radical (unpaired) electrons. The zero-order valence-corrected chi connectivity index (χ0v) is 16.0. The van der Waals surface area contributed by atoms with E-state index in [1.807, 2.05) is 0 Å². The molecule has 0 unspecified atom stereocenters. The van der Waals surface area contributed by atoms with Gasteiger partial charge in [0.25, 0.3) is 11.8 Å². The van der Waals surface area contributed by atoms with E-state index in [0.29, 0.717) is 16.3 Å². The molecule has 0 bridgehead atoms. The molecule has 0 saturated carbocycles. The Balaban J connectivity index is 1.88. The maximum Gasteiger partial charge on any atom is 0.337 e. The largest absolute Gasteiger partial charge is 0.465 e. The normalized spacial score (nSPS) is 14.0. The van der Waals surface area contributed by atoms with Crippen LogP contribution in [0.5, 0.6) is 0 Å². The lowest BCUT2D eigenvalue weighted by Crippen LogP contribution is -2.32. The molecule has 1 heterocycles. The summed E-state index contributed by atoms with van der Waals surface area (Å²) in [6.07, 6.45) is 0. The van der Waals surface area contributed by atoms with Crippen molar-refractivity contribution in [2.24, 2.45) is 0 Å². The van der Waals surface area contributed by atoms with Gasteiger partial charge in [-0.1, -0.05) is 34.8 Å². The molecule has 3 rings (SSSR count). The second-order valence-electron chi connectivity index (χ2n) is 5.42. The summed E-state index contributed by atoms with van der Waals surface area (Å²) in [5.41, 5.74) is 0.818. The van der Waals surface area contributed by atoms with Crippen molar-refractivity contribution in [3.63, 3.8) is 0 Å². The Hall–Kier alpha value is -2.54. The van der Waals surface area contributed by atoms with E-state index in [4.69, 9.17) is 34.8 Å². The molecule has 0 atom stereocenters. The molecular formula is C18H11Cl3N2O4. The highest BCUT2D eigenvalue weighted by molar-refractivity contribution is 6.54. The quantitative estimate of drug-likeness (QED) is 0.586. The Bertz CT molecular complexity index is 987. The molecule has 1 aliphatic rings. The molecule has 1 N–H and O–H groups in total. The van der Waals surface area contributed by atoms with Gasteiger partial charge in [0.2, 0.25) is 0 Å². The molecule has 27 heavy (non-hydrogen) atoms. The van der Waals surface area contributed by atoms with Gasteiger partial charge in [0.1, 0.15) is 10.7 Å². The molecule has 2 amide bonds. The second-order valence-corrected chi connectivity index (χ2v) is 6.65. The van der Waals surface area contributed by atoms with E-state index in [-0.39, 0.29) is 21.4 Å². The first kappa shape index (κ1) is 19.2. The smallest absolute Gasteiger partial charge is 0.337 e. The molecule has 138 valence electrons. The highest BCUT2D eigenvalue weighted by Crippen LogP contribution is 2.35. The van der Waals surface area contributed by atoms with Crippen molar-refractivity contribution in [3.05, 3.63) is 68.8 Å². The van der Waals surface area contributed by atoms with Gasteiger partial charge in [-0.2, -0.15) is 0 Å². The van der Waals surface area contributed by atoms with Gasteiger partial charge in [-0.25, -0.2) is 9.69 Å². The Labute approximate surface area is 169 Å². The number of hydrogen-bond donors (Lipinski definition) is 1. The fraction of sp³-hybridized carbons (Fsp3) is 0.0556. The molecule has 0 aliphatic carbocycles. The number of ether oxygens (including phenoxy) is 1. The number of nitrogens with one attached hydrogen (secondary N) is 1. The van der Waals surface area contributed by atoms with Crippen molar-refractivity contribution in [2.75, 3.05) is 17.3 Å². The Morgan fingerprint density at radius 3 is 2.30 bits per heavy atom. The molecule has 2 aromatic rings. The number of esters is 1. The summed E-state index contributed by atoms with van der Waals surface area (Å²) >= 11 is 18.1. The molecule has 0 aromatic heterocycles. The van der Waals surface area contributed by atoms with Crippen molar-refractivity contribution in [1.82, 2.24) is 0 Å². The number of imide groups is 1. The number of nitrogens with zero attached hydrogens (tertiary/aromatic N) is 1. The van der Waals surface area contributed by atoms with Crippen molar-refractivity contribution in [1.29, 1.82) is 0 Å². The van der Waals surface area contributed by atoms with Crippen LogP contribution in [0.1, 0.15) is 10.4 Å². The lowest BCUT2D eigenvalue weighted by Gasteiger charge is -2.17. The molecule has 0 saturated heterocycles. The number of rotatable bonds is 4. The Kier molecular flexibility index (Phi) is 5.41. The molecule has 2 aromatic carbocycles. The number of hydrogen-bond acceptors (Lipinski definition) is 5. The fourth-order valence-corrected chi connectivity index (χ4v) is 3.02. The number of benzene rings is 2. The first-order valence-corrected chi connectivity index (χ1v) is 8.66. The zero-order chi connectivity index (χ0) is 19.7. The van der Waals surface area contributed by atoms with Crippen molar-refractivity contribution in [3.8, 4) is 0 Å². The SMILES string of the molecule is COC(=O)c1ccc(NC2=C(Cl)C(=O)N(c3cc(Cl)ccc3Cl)C2=O)cc1. The van der Waals surface area contributed by atoms with Gasteiger partial charge in [-0.15, -0.1) is 0 Å². The van der Waals surface area contributed by atoms with Gasteiger partial charge in [-0.05, 0) is 42.5 Å². The average molecular weight is 426 g/mol. The molecule has 9 heteroatoms. The maximum absolute atomic E-state index is 12.7. The number of carbonyl (C=O) groups excluding carboxylic acids is 3. The summed E-state index contributed by atoms with van der Waals surface area (Å²) in [5, 5.41) is 3.00. The van der Waals surface area contributed by atoms with Crippen molar-refractivity contribution >= 4 is 64.0 Å². The van der Waals surface area contributed by atoms with E-state index < -0.39 is 17.8 Å².